The number of anilines is 1. The lowest BCUT2D eigenvalue weighted by Gasteiger charge is -2.17. The highest BCUT2D eigenvalue weighted by molar-refractivity contribution is 5.45. The Hall–Kier alpha value is -1.98. The number of aromatic nitrogens is 2. The van der Waals surface area contributed by atoms with E-state index < -0.39 is 11.6 Å². The summed E-state index contributed by atoms with van der Waals surface area (Å²) in [6.07, 6.45) is 2.82. The molecule has 1 aromatic heterocycles. The van der Waals surface area contributed by atoms with Gasteiger partial charge >= 0.3 is 0 Å². The summed E-state index contributed by atoms with van der Waals surface area (Å²) in [6.45, 7) is 2.47. The van der Waals surface area contributed by atoms with E-state index >= 15 is 0 Å². The second-order valence-corrected chi connectivity index (χ2v) is 4.66. The molecule has 0 atom stereocenters. The SMILES string of the molecule is CCCCc1nc(CN(C)c2ccc(F)c(F)c2)no1. The monoisotopic (exact) mass is 281 g/mol. The van der Waals surface area contributed by atoms with Crippen LogP contribution in [0.5, 0.6) is 0 Å². The molecule has 4 nitrogen and oxygen atoms in total. The van der Waals surface area contributed by atoms with E-state index in [1.54, 1.807) is 11.9 Å². The second-order valence-electron chi connectivity index (χ2n) is 4.66. The van der Waals surface area contributed by atoms with Crippen LogP contribution in [-0.2, 0) is 13.0 Å². The van der Waals surface area contributed by atoms with Crippen LogP contribution in [0.3, 0.4) is 0 Å². The minimum absolute atomic E-state index is 0.376. The molecular formula is C14H17F2N3O. The molecular weight excluding hydrogens is 264 g/mol. The molecule has 0 spiro atoms. The Morgan fingerprint density at radius 1 is 1.25 bits per heavy atom. The van der Waals surface area contributed by atoms with E-state index in [0.717, 1.165) is 31.4 Å². The Kier molecular flexibility index (Phi) is 4.65. The van der Waals surface area contributed by atoms with E-state index in [1.165, 1.54) is 6.07 Å². The van der Waals surface area contributed by atoms with Crippen LogP contribution in [0.1, 0.15) is 31.5 Å². The third kappa shape index (κ3) is 3.53. The zero-order valence-electron chi connectivity index (χ0n) is 11.6. The fourth-order valence-electron chi connectivity index (χ4n) is 1.81. The molecule has 0 fully saturated rings. The van der Waals surface area contributed by atoms with Gasteiger partial charge in [-0.15, -0.1) is 0 Å². The smallest absolute Gasteiger partial charge is 0.226 e. The van der Waals surface area contributed by atoms with Gasteiger partial charge in [-0.05, 0) is 18.6 Å². The van der Waals surface area contributed by atoms with Crippen molar-refractivity contribution in [3.63, 3.8) is 0 Å². The first kappa shape index (κ1) is 14.4. The number of hydrogen-bond donors (Lipinski definition) is 0. The fraction of sp³-hybridized carbons (Fsp3) is 0.429. The molecule has 0 saturated heterocycles. The predicted molar refractivity (Wildman–Crippen MR) is 71.4 cm³/mol. The Balaban J connectivity index is 2.01. The third-order valence-electron chi connectivity index (χ3n) is 2.98. The first-order valence-electron chi connectivity index (χ1n) is 6.57. The first-order valence-corrected chi connectivity index (χ1v) is 6.57. The maximum absolute atomic E-state index is 13.2. The van der Waals surface area contributed by atoms with E-state index in [1.807, 2.05) is 0 Å². The standard InChI is InChI=1S/C14H17F2N3O/c1-3-4-5-14-17-13(18-20-14)9-19(2)10-6-7-11(15)12(16)8-10/h6-8H,3-5,9H2,1-2H3. The van der Waals surface area contributed by atoms with E-state index in [9.17, 15) is 8.78 Å². The van der Waals surface area contributed by atoms with Crippen LogP contribution in [-0.4, -0.2) is 17.2 Å². The summed E-state index contributed by atoms with van der Waals surface area (Å²) in [7, 11) is 1.76. The van der Waals surface area contributed by atoms with Crippen LogP contribution in [0.25, 0.3) is 0 Å². The van der Waals surface area contributed by atoms with Gasteiger partial charge in [0.15, 0.2) is 17.5 Å². The number of halogens is 2. The normalized spacial score (nSPS) is 10.8. The van der Waals surface area contributed by atoms with Crippen LogP contribution >= 0.6 is 0 Å². The molecule has 20 heavy (non-hydrogen) atoms. The van der Waals surface area contributed by atoms with E-state index in [4.69, 9.17) is 4.52 Å². The van der Waals surface area contributed by atoms with Gasteiger partial charge in [0.05, 0.1) is 6.54 Å². The molecule has 2 rings (SSSR count). The summed E-state index contributed by atoms with van der Waals surface area (Å²) in [6, 6.07) is 3.76. The Labute approximate surface area is 116 Å². The average molecular weight is 281 g/mol. The molecule has 1 heterocycles. The zero-order chi connectivity index (χ0) is 14.5. The van der Waals surface area contributed by atoms with Gasteiger partial charge < -0.3 is 9.42 Å². The predicted octanol–water partition coefficient (Wildman–Crippen LogP) is 3.33. The van der Waals surface area contributed by atoms with Crippen molar-refractivity contribution in [1.29, 1.82) is 0 Å². The van der Waals surface area contributed by atoms with Crippen molar-refractivity contribution in [2.45, 2.75) is 32.7 Å². The summed E-state index contributed by atoms with van der Waals surface area (Å²) in [5.74, 6) is -0.585. The van der Waals surface area contributed by atoms with Gasteiger partial charge in [0.25, 0.3) is 0 Å². The van der Waals surface area contributed by atoms with Gasteiger partial charge in [0, 0.05) is 25.2 Å². The summed E-state index contributed by atoms with van der Waals surface area (Å²) in [4.78, 5) is 6.00. The number of benzene rings is 1. The molecule has 2 aromatic rings. The van der Waals surface area contributed by atoms with Gasteiger partial charge in [-0.1, -0.05) is 18.5 Å². The average Bonchev–Trinajstić information content (AvgIpc) is 2.87. The van der Waals surface area contributed by atoms with E-state index in [-0.39, 0.29) is 0 Å². The number of hydrogen-bond acceptors (Lipinski definition) is 4. The Morgan fingerprint density at radius 3 is 2.75 bits per heavy atom. The summed E-state index contributed by atoms with van der Waals surface area (Å²) < 4.78 is 31.2. The van der Waals surface area contributed by atoms with Gasteiger partial charge in [-0.25, -0.2) is 8.78 Å². The largest absolute Gasteiger partial charge is 0.367 e. The molecule has 0 aliphatic carbocycles. The van der Waals surface area contributed by atoms with Crippen molar-refractivity contribution in [1.82, 2.24) is 10.1 Å². The quantitative estimate of drug-likeness (QED) is 0.814. The van der Waals surface area contributed by atoms with Crippen LogP contribution in [0.4, 0.5) is 14.5 Å². The van der Waals surface area contributed by atoms with Crippen molar-refractivity contribution in [2.75, 3.05) is 11.9 Å². The summed E-state index contributed by atoms with van der Waals surface area (Å²) in [5, 5.41) is 3.88. The number of aryl methyl sites for hydroxylation is 1. The molecule has 108 valence electrons. The first-order chi connectivity index (χ1) is 9.60. The van der Waals surface area contributed by atoms with Crippen molar-refractivity contribution >= 4 is 5.69 Å². The van der Waals surface area contributed by atoms with Gasteiger partial charge in [0.1, 0.15) is 0 Å². The maximum atomic E-state index is 13.2. The fourth-order valence-corrected chi connectivity index (χ4v) is 1.81. The van der Waals surface area contributed by atoms with Crippen LogP contribution < -0.4 is 4.90 Å². The summed E-state index contributed by atoms with van der Waals surface area (Å²) >= 11 is 0. The molecule has 0 aliphatic heterocycles. The third-order valence-corrected chi connectivity index (χ3v) is 2.98. The highest BCUT2D eigenvalue weighted by Gasteiger charge is 2.11. The van der Waals surface area contributed by atoms with Gasteiger partial charge in [-0.3, -0.25) is 0 Å². The van der Waals surface area contributed by atoms with Crippen molar-refractivity contribution in [3.05, 3.63) is 41.5 Å². The molecule has 0 amide bonds. The molecule has 0 aliphatic rings. The molecule has 0 saturated carbocycles. The van der Waals surface area contributed by atoms with Crippen molar-refractivity contribution in [2.24, 2.45) is 0 Å². The Bertz CT molecular complexity index is 571. The number of nitrogens with zero attached hydrogens (tertiary/aromatic N) is 3. The number of rotatable bonds is 6. The molecule has 1 aromatic carbocycles. The van der Waals surface area contributed by atoms with Crippen LogP contribution in [0.15, 0.2) is 22.7 Å². The topological polar surface area (TPSA) is 42.2 Å². The van der Waals surface area contributed by atoms with E-state index in [0.29, 0.717) is 23.9 Å². The molecule has 0 N–H and O–H groups in total. The van der Waals surface area contributed by atoms with Crippen LogP contribution in [0, 0.1) is 11.6 Å². The lowest BCUT2D eigenvalue weighted by Crippen LogP contribution is -2.17. The highest BCUT2D eigenvalue weighted by Crippen LogP contribution is 2.18. The highest BCUT2D eigenvalue weighted by atomic mass is 19.2. The van der Waals surface area contributed by atoms with Crippen LogP contribution in [0.2, 0.25) is 0 Å². The maximum Gasteiger partial charge on any atom is 0.226 e. The second kappa shape index (κ2) is 6.45. The summed E-state index contributed by atoms with van der Waals surface area (Å²) in [5.41, 5.74) is 0.559. The molecule has 0 bridgehead atoms. The molecule has 0 unspecified atom stereocenters. The lowest BCUT2D eigenvalue weighted by molar-refractivity contribution is 0.370. The van der Waals surface area contributed by atoms with Crippen molar-refractivity contribution < 1.29 is 13.3 Å². The van der Waals surface area contributed by atoms with E-state index in [2.05, 4.69) is 17.1 Å². The number of unbranched alkanes of at least 4 members (excludes halogenated alkanes) is 1. The minimum Gasteiger partial charge on any atom is -0.367 e. The van der Waals surface area contributed by atoms with Crippen molar-refractivity contribution in [3.8, 4) is 0 Å². The molecule has 6 heteroatoms. The van der Waals surface area contributed by atoms with Gasteiger partial charge in [0.2, 0.25) is 5.89 Å². The molecule has 0 radical (unpaired) electrons. The lowest BCUT2D eigenvalue weighted by atomic mass is 10.2. The Morgan fingerprint density at radius 2 is 2.05 bits per heavy atom. The minimum atomic E-state index is -0.869. The van der Waals surface area contributed by atoms with Gasteiger partial charge in [-0.2, -0.15) is 4.98 Å². The zero-order valence-corrected chi connectivity index (χ0v) is 11.6.